The third kappa shape index (κ3) is 2.70. The Bertz CT molecular complexity index is 298. The molecule has 0 aliphatic rings. The molecule has 1 aromatic heterocycles. The number of nitrogens with zero attached hydrogens (tertiary/aromatic N) is 2. The Balaban J connectivity index is 2.49. The van der Waals surface area contributed by atoms with E-state index < -0.39 is 0 Å². The van der Waals surface area contributed by atoms with Crippen LogP contribution in [0.1, 0.15) is 17.8 Å². The predicted molar refractivity (Wildman–Crippen MR) is 56.3 cm³/mol. The number of rotatable bonds is 5. The van der Waals surface area contributed by atoms with Crippen molar-refractivity contribution in [2.24, 2.45) is 12.8 Å². The van der Waals surface area contributed by atoms with E-state index in [1.165, 1.54) is 0 Å². The molecule has 2 N–H and O–H groups in total. The maximum absolute atomic E-state index is 6.04. The van der Waals surface area contributed by atoms with E-state index in [0.717, 1.165) is 17.8 Å². The van der Waals surface area contributed by atoms with Gasteiger partial charge in [0, 0.05) is 13.7 Å². The van der Waals surface area contributed by atoms with Crippen LogP contribution in [0.5, 0.6) is 0 Å². The van der Waals surface area contributed by atoms with Crippen LogP contribution in [0.2, 0.25) is 5.02 Å². The first-order chi connectivity index (χ1) is 6.66. The Morgan fingerprint density at radius 2 is 2.29 bits per heavy atom. The van der Waals surface area contributed by atoms with Gasteiger partial charge in [0.25, 0.3) is 0 Å². The maximum atomic E-state index is 6.04. The zero-order valence-corrected chi connectivity index (χ0v) is 9.34. The second-order valence-electron chi connectivity index (χ2n) is 3.16. The van der Waals surface area contributed by atoms with E-state index in [4.69, 9.17) is 22.1 Å². The molecule has 0 aliphatic heterocycles. The molecule has 0 unspecified atom stereocenters. The molecule has 1 heterocycles. The van der Waals surface area contributed by atoms with Gasteiger partial charge in [-0.05, 0) is 19.9 Å². The Labute approximate surface area is 89.0 Å². The highest BCUT2D eigenvalue weighted by Gasteiger charge is 2.10. The number of hydrogen-bond donors (Lipinski definition) is 1. The van der Waals surface area contributed by atoms with Gasteiger partial charge >= 0.3 is 0 Å². The van der Waals surface area contributed by atoms with Gasteiger partial charge in [-0.2, -0.15) is 5.10 Å². The van der Waals surface area contributed by atoms with Crippen LogP contribution in [0.3, 0.4) is 0 Å². The van der Waals surface area contributed by atoms with Crippen molar-refractivity contribution in [3.63, 3.8) is 0 Å². The Hall–Kier alpha value is -0.580. The van der Waals surface area contributed by atoms with Crippen LogP contribution in [0.25, 0.3) is 0 Å². The average Bonchev–Trinajstić information content (AvgIpc) is 2.38. The molecule has 0 spiro atoms. The summed E-state index contributed by atoms with van der Waals surface area (Å²) < 4.78 is 7.16. The summed E-state index contributed by atoms with van der Waals surface area (Å²) in [6.45, 7) is 3.69. The molecule has 0 radical (unpaired) electrons. The topological polar surface area (TPSA) is 53.1 Å². The Morgan fingerprint density at radius 1 is 1.57 bits per heavy atom. The van der Waals surface area contributed by atoms with Gasteiger partial charge in [0.05, 0.1) is 23.0 Å². The molecule has 1 aromatic rings. The van der Waals surface area contributed by atoms with Crippen molar-refractivity contribution in [2.75, 3.05) is 13.2 Å². The smallest absolute Gasteiger partial charge is 0.0899 e. The molecule has 0 amide bonds. The lowest BCUT2D eigenvalue weighted by Gasteiger charge is -2.04. The summed E-state index contributed by atoms with van der Waals surface area (Å²) in [7, 11) is 1.86. The molecule has 0 bridgehead atoms. The van der Waals surface area contributed by atoms with E-state index in [9.17, 15) is 0 Å². The fraction of sp³-hybridized carbons (Fsp3) is 0.667. The average molecular weight is 218 g/mol. The highest BCUT2D eigenvalue weighted by Crippen LogP contribution is 2.19. The van der Waals surface area contributed by atoms with E-state index in [-0.39, 0.29) is 0 Å². The third-order valence-electron chi connectivity index (χ3n) is 1.99. The molecular weight excluding hydrogens is 202 g/mol. The first-order valence-corrected chi connectivity index (χ1v) is 5.00. The van der Waals surface area contributed by atoms with Crippen LogP contribution < -0.4 is 5.73 Å². The molecule has 0 aliphatic carbocycles. The van der Waals surface area contributed by atoms with Crippen molar-refractivity contribution in [1.82, 2.24) is 9.78 Å². The Kier molecular flexibility index (Phi) is 4.38. The minimum absolute atomic E-state index is 0.496. The molecule has 5 heteroatoms. The quantitative estimate of drug-likeness (QED) is 0.756. The van der Waals surface area contributed by atoms with Crippen LogP contribution >= 0.6 is 11.6 Å². The van der Waals surface area contributed by atoms with E-state index >= 15 is 0 Å². The highest BCUT2D eigenvalue weighted by molar-refractivity contribution is 6.31. The van der Waals surface area contributed by atoms with E-state index in [2.05, 4.69) is 5.10 Å². The van der Waals surface area contributed by atoms with Gasteiger partial charge in [-0.1, -0.05) is 11.6 Å². The molecule has 80 valence electrons. The van der Waals surface area contributed by atoms with Crippen LogP contribution in [0.4, 0.5) is 0 Å². The van der Waals surface area contributed by atoms with Crippen LogP contribution in [0.15, 0.2) is 0 Å². The van der Waals surface area contributed by atoms with Crippen LogP contribution in [-0.2, 0) is 18.4 Å². The predicted octanol–water partition coefficient (Wildman–Crippen LogP) is 1.25. The third-order valence-corrected chi connectivity index (χ3v) is 2.48. The number of aryl methyl sites for hydroxylation is 2. The van der Waals surface area contributed by atoms with Crippen LogP contribution in [-0.4, -0.2) is 22.9 Å². The summed E-state index contributed by atoms with van der Waals surface area (Å²) in [6.07, 6.45) is 0.869. The molecule has 0 saturated heterocycles. The van der Waals surface area contributed by atoms with Gasteiger partial charge in [-0.25, -0.2) is 0 Å². The summed E-state index contributed by atoms with van der Waals surface area (Å²) in [4.78, 5) is 0. The lowest BCUT2D eigenvalue weighted by molar-refractivity contribution is 0.115. The van der Waals surface area contributed by atoms with Crippen LogP contribution in [0, 0.1) is 6.92 Å². The fourth-order valence-corrected chi connectivity index (χ4v) is 1.41. The van der Waals surface area contributed by atoms with Gasteiger partial charge < -0.3 is 10.5 Å². The first-order valence-electron chi connectivity index (χ1n) is 4.62. The SMILES string of the molecule is Cc1nn(C)c(COCCCN)c1Cl. The van der Waals surface area contributed by atoms with E-state index in [1.54, 1.807) is 4.68 Å². The van der Waals surface area contributed by atoms with Gasteiger partial charge in [-0.3, -0.25) is 4.68 Å². The minimum atomic E-state index is 0.496. The van der Waals surface area contributed by atoms with Crippen molar-refractivity contribution < 1.29 is 4.74 Å². The maximum Gasteiger partial charge on any atom is 0.0899 e. The second-order valence-corrected chi connectivity index (χ2v) is 3.54. The molecule has 1 rings (SSSR count). The summed E-state index contributed by atoms with van der Waals surface area (Å²) in [6, 6.07) is 0. The number of aromatic nitrogens is 2. The van der Waals surface area contributed by atoms with Crippen molar-refractivity contribution >= 4 is 11.6 Å². The Morgan fingerprint density at radius 3 is 2.79 bits per heavy atom. The van der Waals surface area contributed by atoms with Gasteiger partial charge in [0.1, 0.15) is 0 Å². The molecule has 0 aromatic carbocycles. The fourth-order valence-electron chi connectivity index (χ4n) is 1.19. The van der Waals surface area contributed by atoms with Gasteiger partial charge in [0.15, 0.2) is 0 Å². The molecule has 0 fully saturated rings. The summed E-state index contributed by atoms with van der Waals surface area (Å²) in [5, 5.41) is 4.88. The molecule has 0 atom stereocenters. The monoisotopic (exact) mass is 217 g/mol. The van der Waals surface area contributed by atoms with Gasteiger partial charge in [-0.15, -0.1) is 0 Å². The second kappa shape index (κ2) is 5.34. The van der Waals surface area contributed by atoms with E-state index in [0.29, 0.717) is 24.8 Å². The first kappa shape index (κ1) is 11.5. The lowest BCUT2D eigenvalue weighted by Crippen LogP contribution is -2.06. The molecule has 4 nitrogen and oxygen atoms in total. The van der Waals surface area contributed by atoms with Crippen molar-refractivity contribution in [1.29, 1.82) is 0 Å². The number of hydrogen-bond acceptors (Lipinski definition) is 3. The normalized spacial score (nSPS) is 10.9. The number of halogens is 1. The van der Waals surface area contributed by atoms with Crippen molar-refractivity contribution in [3.05, 3.63) is 16.4 Å². The summed E-state index contributed by atoms with van der Waals surface area (Å²) in [5.41, 5.74) is 7.11. The van der Waals surface area contributed by atoms with Crippen molar-refractivity contribution in [3.8, 4) is 0 Å². The van der Waals surface area contributed by atoms with E-state index in [1.807, 2.05) is 14.0 Å². The molecule has 14 heavy (non-hydrogen) atoms. The molecular formula is C9H16ClN3O. The van der Waals surface area contributed by atoms with Gasteiger partial charge in [0.2, 0.25) is 0 Å². The molecule has 0 saturated carbocycles. The largest absolute Gasteiger partial charge is 0.375 e. The number of ether oxygens (including phenoxy) is 1. The van der Waals surface area contributed by atoms with Crippen molar-refractivity contribution in [2.45, 2.75) is 20.0 Å². The zero-order chi connectivity index (χ0) is 10.6. The number of nitrogens with two attached hydrogens (primary N) is 1. The summed E-state index contributed by atoms with van der Waals surface area (Å²) >= 11 is 6.04. The summed E-state index contributed by atoms with van der Waals surface area (Å²) in [5.74, 6) is 0. The zero-order valence-electron chi connectivity index (χ0n) is 8.59. The lowest BCUT2D eigenvalue weighted by atomic mass is 10.4. The minimum Gasteiger partial charge on any atom is -0.375 e. The standard InChI is InChI=1S/C9H16ClN3O/c1-7-9(10)8(13(2)12-7)6-14-5-3-4-11/h3-6,11H2,1-2H3. The highest BCUT2D eigenvalue weighted by atomic mass is 35.5.